The summed E-state index contributed by atoms with van der Waals surface area (Å²) in [5, 5.41) is 3.23. The summed E-state index contributed by atoms with van der Waals surface area (Å²) >= 11 is 0. The predicted molar refractivity (Wildman–Crippen MR) is 57.4 cm³/mol. The average Bonchev–Trinajstić information content (AvgIpc) is 2.20. The van der Waals surface area contributed by atoms with Gasteiger partial charge in [-0.2, -0.15) is 0 Å². The van der Waals surface area contributed by atoms with E-state index in [1.807, 2.05) is 7.05 Å². The Bertz CT molecular complexity index is 180. The highest BCUT2D eigenvalue weighted by Gasteiger charge is 2.25. The molecule has 13 heavy (non-hydrogen) atoms. The van der Waals surface area contributed by atoms with E-state index in [2.05, 4.69) is 18.2 Å². The van der Waals surface area contributed by atoms with E-state index in [9.17, 15) is 0 Å². The van der Waals surface area contributed by atoms with Crippen LogP contribution in [0.2, 0.25) is 0 Å². The van der Waals surface area contributed by atoms with Crippen LogP contribution >= 0.6 is 0 Å². The van der Waals surface area contributed by atoms with Gasteiger partial charge in [0, 0.05) is 0 Å². The van der Waals surface area contributed by atoms with Crippen LogP contribution in [0.5, 0.6) is 0 Å². The van der Waals surface area contributed by atoms with Crippen LogP contribution in [0.1, 0.15) is 39.0 Å². The first kappa shape index (κ1) is 10.6. The lowest BCUT2D eigenvalue weighted by atomic mass is 9.77. The summed E-state index contributed by atoms with van der Waals surface area (Å²) in [5.74, 6) is 4.49. The molecule has 1 nitrogen and oxygen atoms in total. The third kappa shape index (κ3) is 2.74. The smallest absolute Gasteiger partial charge is 0.0713 e. The van der Waals surface area contributed by atoms with Crippen molar-refractivity contribution in [3.05, 3.63) is 0 Å². The summed E-state index contributed by atoms with van der Waals surface area (Å²) in [6.45, 7) is 2.29. The Morgan fingerprint density at radius 2 is 2.31 bits per heavy atom. The van der Waals surface area contributed by atoms with Crippen molar-refractivity contribution >= 4 is 0 Å². The van der Waals surface area contributed by atoms with Crippen molar-refractivity contribution in [1.82, 2.24) is 5.32 Å². The fourth-order valence-electron chi connectivity index (χ4n) is 2.46. The van der Waals surface area contributed by atoms with Gasteiger partial charge in [0.1, 0.15) is 0 Å². The largest absolute Gasteiger partial charge is 0.307 e. The normalized spacial score (nSPS) is 30.8. The first-order valence-electron chi connectivity index (χ1n) is 5.45. The van der Waals surface area contributed by atoms with Gasteiger partial charge in [0.2, 0.25) is 0 Å². The number of rotatable bonds is 3. The Kier molecular flexibility index (Phi) is 4.32. The Morgan fingerprint density at radius 1 is 1.54 bits per heavy atom. The highest BCUT2D eigenvalue weighted by atomic mass is 14.9. The molecule has 0 amide bonds. The summed E-state index contributed by atoms with van der Waals surface area (Å²) in [7, 11) is 1.97. The van der Waals surface area contributed by atoms with E-state index in [-0.39, 0.29) is 0 Å². The van der Waals surface area contributed by atoms with Crippen molar-refractivity contribution in [3.63, 3.8) is 0 Å². The van der Waals surface area contributed by atoms with Gasteiger partial charge in [0.25, 0.3) is 0 Å². The van der Waals surface area contributed by atoms with Gasteiger partial charge < -0.3 is 5.32 Å². The van der Waals surface area contributed by atoms with Crippen LogP contribution < -0.4 is 5.32 Å². The Morgan fingerprint density at radius 3 is 2.85 bits per heavy atom. The molecule has 1 saturated carbocycles. The fraction of sp³-hybridized carbons (Fsp3) is 0.833. The molecule has 0 aromatic heterocycles. The minimum atomic E-state index is 0.300. The zero-order chi connectivity index (χ0) is 9.68. The van der Waals surface area contributed by atoms with Crippen molar-refractivity contribution in [2.75, 3.05) is 7.05 Å². The standard InChI is InChI=1S/C12H21N/c1-4-10-7-6-8-11(9-10)12(5-2)13-3/h2,10-13H,4,6-9H2,1,3H3. The van der Waals surface area contributed by atoms with Crippen LogP contribution in [0.25, 0.3) is 0 Å². The molecule has 1 heteroatoms. The molecule has 1 fully saturated rings. The average molecular weight is 179 g/mol. The highest BCUT2D eigenvalue weighted by molar-refractivity contribution is 5.02. The van der Waals surface area contributed by atoms with Gasteiger partial charge in [-0.25, -0.2) is 0 Å². The topological polar surface area (TPSA) is 12.0 Å². The molecule has 1 rings (SSSR count). The quantitative estimate of drug-likeness (QED) is 0.656. The van der Waals surface area contributed by atoms with Crippen molar-refractivity contribution in [1.29, 1.82) is 0 Å². The van der Waals surface area contributed by atoms with Gasteiger partial charge in [-0.15, -0.1) is 6.42 Å². The van der Waals surface area contributed by atoms with Crippen LogP contribution in [-0.4, -0.2) is 13.1 Å². The molecule has 1 N–H and O–H groups in total. The molecule has 0 aromatic rings. The molecule has 0 spiro atoms. The molecule has 3 unspecified atom stereocenters. The van der Waals surface area contributed by atoms with Crippen molar-refractivity contribution < 1.29 is 0 Å². The minimum absolute atomic E-state index is 0.300. The van der Waals surface area contributed by atoms with Gasteiger partial charge in [-0.05, 0) is 31.7 Å². The van der Waals surface area contributed by atoms with Crippen LogP contribution in [0.3, 0.4) is 0 Å². The molecule has 0 heterocycles. The first-order valence-corrected chi connectivity index (χ1v) is 5.45. The molecule has 1 aliphatic rings. The van der Waals surface area contributed by atoms with Crippen molar-refractivity contribution in [2.45, 2.75) is 45.1 Å². The Labute approximate surface area is 82.3 Å². The van der Waals surface area contributed by atoms with E-state index in [1.54, 1.807) is 0 Å². The van der Waals surface area contributed by atoms with Crippen LogP contribution in [0.4, 0.5) is 0 Å². The third-order valence-electron chi connectivity index (χ3n) is 3.36. The number of hydrogen-bond acceptors (Lipinski definition) is 1. The molecule has 74 valence electrons. The lowest BCUT2D eigenvalue weighted by Crippen LogP contribution is -2.35. The van der Waals surface area contributed by atoms with E-state index < -0.39 is 0 Å². The van der Waals surface area contributed by atoms with Gasteiger partial charge in [0.05, 0.1) is 6.04 Å². The SMILES string of the molecule is C#CC(NC)C1CCCC(CC)C1. The van der Waals surface area contributed by atoms with Gasteiger partial charge >= 0.3 is 0 Å². The summed E-state index contributed by atoms with van der Waals surface area (Å²) in [6, 6.07) is 0.300. The van der Waals surface area contributed by atoms with Crippen LogP contribution in [0.15, 0.2) is 0 Å². The molecule has 0 bridgehead atoms. The van der Waals surface area contributed by atoms with Gasteiger partial charge in [-0.1, -0.05) is 32.1 Å². The fourth-order valence-corrected chi connectivity index (χ4v) is 2.46. The minimum Gasteiger partial charge on any atom is -0.307 e. The molecule has 1 aliphatic carbocycles. The zero-order valence-corrected chi connectivity index (χ0v) is 8.84. The highest BCUT2D eigenvalue weighted by Crippen LogP contribution is 2.32. The van der Waals surface area contributed by atoms with Crippen LogP contribution in [-0.2, 0) is 0 Å². The summed E-state index contributed by atoms with van der Waals surface area (Å²) in [4.78, 5) is 0. The number of nitrogens with one attached hydrogen (secondary N) is 1. The maximum Gasteiger partial charge on any atom is 0.0713 e. The van der Waals surface area contributed by atoms with Crippen LogP contribution in [0, 0.1) is 24.2 Å². The van der Waals surface area contributed by atoms with E-state index in [1.165, 1.54) is 32.1 Å². The van der Waals surface area contributed by atoms with Gasteiger partial charge in [-0.3, -0.25) is 0 Å². The lowest BCUT2D eigenvalue weighted by molar-refractivity contribution is 0.236. The second-order valence-corrected chi connectivity index (χ2v) is 4.13. The van der Waals surface area contributed by atoms with E-state index in [0.717, 1.165) is 5.92 Å². The monoisotopic (exact) mass is 179 g/mol. The summed E-state index contributed by atoms with van der Waals surface area (Å²) in [5.41, 5.74) is 0. The predicted octanol–water partition coefficient (Wildman–Crippen LogP) is 2.42. The van der Waals surface area contributed by atoms with E-state index in [4.69, 9.17) is 6.42 Å². The van der Waals surface area contributed by atoms with Crippen molar-refractivity contribution in [2.24, 2.45) is 11.8 Å². The molecular weight excluding hydrogens is 158 g/mol. The lowest BCUT2D eigenvalue weighted by Gasteiger charge is -2.31. The summed E-state index contributed by atoms with van der Waals surface area (Å²) < 4.78 is 0. The first-order chi connectivity index (χ1) is 6.31. The van der Waals surface area contributed by atoms with E-state index >= 15 is 0 Å². The molecule has 3 atom stereocenters. The van der Waals surface area contributed by atoms with Gasteiger partial charge in [0.15, 0.2) is 0 Å². The maximum atomic E-state index is 5.49. The third-order valence-corrected chi connectivity index (χ3v) is 3.36. The number of terminal acetylenes is 1. The molecular formula is C12H21N. The molecule has 0 aromatic carbocycles. The summed E-state index contributed by atoms with van der Waals surface area (Å²) in [6.07, 6.45) is 12.2. The second-order valence-electron chi connectivity index (χ2n) is 4.13. The van der Waals surface area contributed by atoms with E-state index in [0.29, 0.717) is 12.0 Å². The Balaban J connectivity index is 2.46. The molecule has 0 aliphatic heterocycles. The maximum absolute atomic E-state index is 5.49. The molecule has 0 radical (unpaired) electrons. The second kappa shape index (κ2) is 5.29. The number of hydrogen-bond donors (Lipinski definition) is 1. The van der Waals surface area contributed by atoms with Crippen molar-refractivity contribution in [3.8, 4) is 12.3 Å². The Hall–Kier alpha value is -0.480. The molecule has 0 saturated heterocycles. The zero-order valence-electron chi connectivity index (χ0n) is 8.84.